The Balaban J connectivity index is 1.29. The number of aliphatic hydroxyl groups excluding tert-OH is 2. The maximum Gasteiger partial charge on any atom is 0.325 e. The molecule has 210 valence electrons. The van der Waals surface area contributed by atoms with E-state index in [1.165, 1.54) is 24.8 Å². The summed E-state index contributed by atoms with van der Waals surface area (Å²) in [5.41, 5.74) is 2.37. The summed E-state index contributed by atoms with van der Waals surface area (Å²) >= 11 is 0. The molecule has 0 saturated heterocycles. The molecule has 3 rings (SSSR count). The number of fused-ring (bicyclic) bond motifs is 2. The first kappa shape index (κ1) is 29.9. The molecule has 2 fully saturated rings. The molecule has 4 N–H and O–H groups in total. The highest BCUT2D eigenvalue weighted by molar-refractivity contribution is 5.74. The Morgan fingerprint density at radius 2 is 1.95 bits per heavy atom. The van der Waals surface area contributed by atoms with E-state index in [0.717, 1.165) is 56.8 Å². The second-order valence-electron chi connectivity index (χ2n) is 12.0. The summed E-state index contributed by atoms with van der Waals surface area (Å²) < 4.78 is 11.9. The minimum atomic E-state index is -0.604. The minimum Gasteiger partial charge on any atom is -0.462 e. The molecule has 2 aliphatic carbocycles. The first-order chi connectivity index (χ1) is 17.7. The van der Waals surface area contributed by atoms with E-state index in [9.17, 15) is 9.90 Å². The number of benzene rings is 1. The van der Waals surface area contributed by atoms with Gasteiger partial charge in [-0.2, -0.15) is 0 Å². The van der Waals surface area contributed by atoms with Crippen molar-refractivity contribution in [3.8, 4) is 0 Å². The zero-order chi connectivity index (χ0) is 26.7. The topological polar surface area (TPSA) is 100 Å². The number of unbranched alkanes of at least 4 members (excludes halogenated alkanes) is 1. The number of nitrogens with one attached hydrogen (secondary N) is 2. The SMILES string of the molecule is CCC1(C)CC2CC(C)CC(OCCOC(=O)CNc3ccc(CNCCCCC(O)CO)cc3)(C2)C1. The Bertz CT molecular complexity index is 815. The van der Waals surface area contributed by atoms with Gasteiger partial charge in [0.05, 0.1) is 24.9 Å². The van der Waals surface area contributed by atoms with Crippen LogP contribution in [0.3, 0.4) is 0 Å². The number of hydrogen-bond acceptors (Lipinski definition) is 7. The molecule has 0 aliphatic heterocycles. The molecule has 7 heteroatoms. The van der Waals surface area contributed by atoms with Crippen LogP contribution in [-0.4, -0.2) is 60.8 Å². The molecule has 0 heterocycles. The van der Waals surface area contributed by atoms with Crippen molar-refractivity contribution >= 4 is 11.7 Å². The summed E-state index contributed by atoms with van der Waals surface area (Å²) in [4.78, 5) is 12.3. The maximum absolute atomic E-state index is 12.3. The molecule has 0 radical (unpaired) electrons. The van der Waals surface area contributed by atoms with E-state index in [-0.39, 0.29) is 24.7 Å². The molecular weight excluding hydrogens is 468 g/mol. The lowest BCUT2D eigenvalue weighted by atomic mass is 9.56. The number of carbonyl (C=O) groups is 1. The van der Waals surface area contributed by atoms with Crippen molar-refractivity contribution in [1.82, 2.24) is 5.32 Å². The number of anilines is 1. The van der Waals surface area contributed by atoms with E-state index < -0.39 is 6.10 Å². The summed E-state index contributed by atoms with van der Waals surface area (Å²) in [6.07, 6.45) is 9.09. The van der Waals surface area contributed by atoms with Crippen LogP contribution in [0, 0.1) is 17.3 Å². The lowest BCUT2D eigenvalue weighted by Gasteiger charge is -2.54. The zero-order valence-corrected chi connectivity index (χ0v) is 23.3. The molecule has 0 aromatic heterocycles. The number of hydrogen-bond donors (Lipinski definition) is 4. The van der Waals surface area contributed by atoms with Crippen molar-refractivity contribution in [2.45, 2.75) is 96.8 Å². The maximum atomic E-state index is 12.3. The van der Waals surface area contributed by atoms with E-state index in [2.05, 4.69) is 31.4 Å². The highest BCUT2D eigenvalue weighted by Gasteiger charge is 2.49. The lowest BCUT2D eigenvalue weighted by molar-refractivity contribution is -0.165. The van der Waals surface area contributed by atoms with Crippen LogP contribution in [0.25, 0.3) is 0 Å². The monoisotopic (exact) mass is 518 g/mol. The first-order valence-electron chi connectivity index (χ1n) is 14.4. The number of carbonyl (C=O) groups excluding carboxylic acids is 1. The predicted molar refractivity (Wildman–Crippen MR) is 147 cm³/mol. The van der Waals surface area contributed by atoms with Crippen LogP contribution >= 0.6 is 0 Å². The predicted octanol–water partition coefficient (Wildman–Crippen LogP) is 4.66. The van der Waals surface area contributed by atoms with Crippen molar-refractivity contribution in [3.05, 3.63) is 29.8 Å². The number of rotatable bonds is 16. The van der Waals surface area contributed by atoms with Crippen LogP contribution in [0.4, 0.5) is 5.69 Å². The molecule has 2 bridgehead atoms. The second-order valence-corrected chi connectivity index (χ2v) is 12.0. The van der Waals surface area contributed by atoms with Crippen molar-refractivity contribution in [1.29, 1.82) is 0 Å². The molecule has 0 spiro atoms. The Labute approximate surface area is 223 Å². The third-order valence-corrected chi connectivity index (χ3v) is 8.33. The summed E-state index contributed by atoms with van der Waals surface area (Å²) in [6.45, 7) is 9.43. The van der Waals surface area contributed by atoms with Crippen molar-refractivity contribution < 1.29 is 24.5 Å². The van der Waals surface area contributed by atoms with Crippen LogP contribution < -0.4 is 10.6 Å². The van der Waals surface area contributed by atoms with Gasteiger partial charge in [0, 0.05) is 12.2 Å². The number of ether oxygens (including phenoxy) is 2. The second kappa shape index (κ2) is 14.5. The van der Waals surface area contributed by atoms with Gasteiger partial charge in [-0.25, -0.2) is 0 Å². The van der Waals surface area contributed by atoms with Gasteiger partial charge in [-0.15, -0.1) is 0 Å². The highest BCUT2D eigenvalue weighted by atomic mass is 16.6. The Hall–Kier alpha value is -1.67. The number of esters is 1. The van der Waals surface area contributed by atoms with Crippen LogP contribution in [0.15, 0.2) is 24.3 Å². The quantitative estimate of drug-likeness (QED) is 0.187. The van der Waals surface area contributed by atoms with Gasteiger partial charge in [-0.3, -0.25) is 4.79 Å². The van der Waals surface area contributed by atoms with Gasteiger partial charge in [-0.1, -0.05) is 39.3 Å². The summed E-state index contributed by atoms with van der Waals surface area (Å²) in [5, 5.41) is 24.7. The molecule has 0 amide bonds. The molecule has 1 aromatic carbocycles. The average molecular weight is 519 g/mol. The molecule has 5 atom stereocenters. The minimum absolute atomic E-state index is 0.0466. The van der Waals surface area contributed by atoms with Crippen LogP contribution in [0.5, 0.6) is 0 Å². The summed E-state index contributed by atoms with van der Waals surface area (Å²) in [5.74, 6) is 1.19. The first-order valence-corrected chi connectivity index (χ1v) is 14.4. The van der Waals surface area contributed by atoms with E-state index >= 15 is 0 Å². The van der Waals surface area contributed by atoms with Gasteiger partial charge in [-0.05, 0) is 92.9 Å². The lowest BCUT2D eigenvalue weighted by Crippen LogP contribution is -2.50. The van der Waals surface area contributed by atoms with Gasteiger partial charge in [0.25, 0.3) is 0 Å². The standard InChI is InChI=1S/C30H50N2O5/c1-4-29(3)17-25-15-23(2)16-30(18-25,22-29)37-14-13-36-28(35)20-32-26-10-8-24(9-11-26)19-31-12-6-5-7-27(34)21-33/h8-11,23,25,27,31-34H,4-7,12-22H2,1-3H3. The molecule has 2 saturated carbocycles. The molecule has 7 nitrogen and oxygen atoms in total. The summed E-state index contributed by atoms with van der Waals surface area (Å²) in [6, 6.07) is 8.02. The van der Waals surface area contributed by atoms with E-state index in [1.54, 1.807) is 0 Å². The molecule has 2 aliphatic rings. The normalized spacial score (nSPS) is 28.0. The Morgan fingerprint density at radius 1 is 1.16 bits per heavy atom. The van der Waals surface area contributed by atoms with Crippen molar-refractivity contribution in [3.63, 3.8) is 0 Å². The highest BCUT2D eigenvalue weighted by Crippen LogP contribution is 2.55. The molecular formula is C30H50N2O5. The zero-order valence-electron chi connectivity index (χ0n) is 23.3. The van der Waals surface area contributed by atoms with Crippen LogP contribution in [0.1, 0.15) is 84.1 Å². The van der Waals surface area contributed by atoms with Gasteiger partial charge in [0.15, 0.2) is 0 Å². The smallest absolute Gasteiger partial charge is 0.325 e. The third-order valence-electron chi connectivity index (χ3n) is 8.33. The van der Waals surface area contributed by atoms with E-state index in [0.29, 0.717) is 31.0 Å². The fraction of sp³-hybridized carbons (Fsp3) is 0.767. The fourth-order valence-electron chi connectivity index (χ4n) is 6.60. The Morgan fingerprint density at radius 3 is 2.68 bits per heavy atom. The average Bonchev–Trinajstić information content (AvgIpc) is 2.87. The van der Waals surface area contributed by atoms with Gasteiger partial charge < -0.3 is 30.3 Å². The molecule has 1 aromatic rings. The van der Waals surface area contributed by atoms with Gasteiger partial charge >= 0.3 is 5.97 Å². The third kappa shape index (κ3) is 9.86. The van der Waals surface area contributed by atoms with Gasteiger partial charge in [0.1, 0.15) is 13.2 Å². The number of aliphatic hydroxyl groups is 2. The fourth-order valence-corrected chi connectivity index (χ4v) is 6.60. The molecule has 37 heavy (non-hydrogen) atoms. The Kier molecular flexibility index (Phi) is 11.7. The van der Waals surface area contributed by atoms with Crippen molar-refractivity contribution in [2.75, 3.05) is 38.2 Å². The van der Waals surface area contributed by atoms with E-state index in [1.807, 2.05) is 24.3 Å². The van der Waals surface area contributed by atoms with Crippen molar-refractivity contribution in [2.24, 2.45) is 17.3 Å². The summed E-state index contributed by atoms with van der Waals surface area (Å²) in [7, 11) is 0. The van der Waals surface area contributed by atoms with Crippen LogP contribution in [-0.2, 0) is 20.8 Å². The van der Waals surface area contributed by atoms with Crippen LogP contribution in [0.2, 0.25) is 0 Å². The van der Waals surface area contributed by atoms with E-state index in [4.69, 9.17) is 14.6 Å². The van der Waals surface area contributed by atoms with Gasteiger partial charge in [0.2, 0.25) is 0 Å². The largest absolute Gasteiger partial charge is 0.462 e. The molecule has 5 unspecified atom stereocenters.